The Kier molecular flexibility index (Phi) is 19.5. The highest BCUT2D eigenvalue weighted by atomic mass is 33.1. The molecule has 0 radical (unpaired) electrons. The molecule has 1 aromatic heterocycles. The summed E-state index contributed by atoms with van der Waals surface area (Å²) in [6, 6.07) is 0. The van der Waals surface area contributed by atoms with Crippen LogP contribution in [0.2, 0.25) is 0 Å². The van der Waals surface area contributed by atoms with Crippen LogP contribution in [-0.4, -0.2) is 66.7 Å². The smallest absolute Gasteiger partial charge is 0.378 e. The molecule has 0 atom stereocenters. The highest BCUT2D eigenvalue weighted by Crippen LogP contribution is 2.31. The van der Waals surface area contributed by atoms with E-state index in [-0.39, 0.29) is 39.5 Å². The number of carbonyl (C=O) groups is 3. The lowest BCUT2D eigenvalue weighted by Gasteiger charge is -2.15. The van der Waals surface area contributed by atoms with Gasteiger partial charge in [-0.25, -0.2) is 42.5 Å². The van der Waals surface area contributed by atoms with Crippen molar-refractivity contribution in [2.45, 2.75) is 96.7 Å². The van der Waals surface area contributed by atoms with Gasteiger partial charge in [0.2, 0.25) is 0 Å². The molecular formula is C33H45N3O9S6. The molecule has 0 unspecified atom stereocenters. The van der Waals surface area contributed by atoms with Gasteiger partial charge in [-0.2, -0.15) is 0 Å². The van der Waals surface area contributed by atoms with Gasteiger partial charge in [-0.3, -0.25) is 0 Å². The molecule has 51 heavy (non-hydrogen) atoms. The standard InChI is InChI=1S/C33H45N3O9S6/c37-28-34(16-19-43-31(40)49-46-22-25-10-4-1-5-11-25)29(38)36(18-21-45-33(42)51-48-24-27-14-8-3-9-15-27)30(39)35(28)17-20-44-32(41)50-47-23-26-12-6-2-7-13-26/h10,12,14H,1-9,11,13,15-24H2. The van der Waals surface area contributed by atoms with Crippen LogP contribution in [0, 0.1) is 0 Å². The third-order valence-electron chi connectivity index (χ3n) is 8.26. The van der Waals surface area contributed by atoms with Crippen LogP contribution in [0.25, 0.3) is 0 Å². The summed E-state index contributed by atoms with van der Waals surface area (Å²) >= 11 is 0. The van der Waals surface area contributed by atoms with Crippen LogP contribution in [0.3, 0.4) is 0 Å². The van der Waals surface area contributed by atoms with Crippen LogP contribution >= 0.6 is 64.8 Å². The maximum absolute atomic E-state index is 13.3. The van der Waals surface area contributed by atoms with E-state index in [0.717, 1.165) is 104 Å². The van der Waals surface area contributed by atoms with E-state index >= 15 is 0 Å². The molecule has 0 spiro atoms. The second-order valence-corrected chi connectivity index (χ2v) is 18.7. The summed E-state index contributed by atoms with van der Waals surface area (Å²) in [5.74, 6) is 2.15. The SMILES string of the molecule is O=C(OCCn1c(=O)n(CCOC(=O)SSCC2=CCCCC2)c(=O)n(CCOC(=O)SSCC2=CCCCC2)c1=O)SSCC1=CCCCC1. The molecule has 0 aromatic carbocycles. The van der Waals surface area contributed by atoms with Crippen molar-refractivity contribution in [2.75, 3.05) is 37.1 Å². The number of hydrogen-bond donors (Lipinski definition) is 0. The average molecular weight is 820 g/mol. The van der Waals surface area contributed by atoms with Gasteiger partial charge in [0.15, 0.2) is 0 Å². The lowest BCUT2D eigenvalue weighted by molar-refractivity contribution is 0.162. The first-order valence-electron chi connectivity index (χ1n) is 17.2. The molecular weight excluding hydrogens is 775 g/mol. The summed E-state index contributed by atoms with van der Waals surface area (Å²) in [5, 5.41) is -1.66. The molecule has 12 nitrogen and oxygen atoms in total. The van der Waals surface area contributed by atoms with Gasteiger partial charge in [-0.15, -0.1) is 0 Å². The predicted molar refractivity (Wildman–Crippen MR) is 213 cm³/mol. The minimum Gasteiger partial charge on any atom is -0.455 e. The van der Waals surface area contributed by atoms with E-state index in [9.17, 15) is 28.8 Å². The molecule has 0 aliphatic heterocycles. The third-order valence-corrected chi connectivity index (χ3v) is 14.2. The van der Waals surface area contributed by atoms with E-state index in [1.165, 1.54) is 68.4 Å². The van der Waals surface area contributed by atoms with Crippen LogP contribution in [0.4, 0.5) is 14.4 Å². The zero-order valence-electron chi connectivity index (χ0n) is 28.5. The summed E-state index contributed by atoms with van der Waals surface area (Å²) in [7, 11) is 6.98. The number of nitrogens with zero attached hydrogens (tertiary/aromatic N) is 3. The van der Waals surface area contributed by atoms with Gasteiger partial charge in [0, 0.05) is 49.6 Å². The van der Waals surface area contributed by atoms with Gasteiger partial charge < -0.3 is 14.2 Å². The molecule has 4 rings (SSSR count). The highest BCUT2D eigenvalue weighted by Gasteiger charge is 2.18. The molecule has 282 valence electrons. The van der Waals surface area contributed by atoms with Gasteiger partial charge >= 0.3 is 33.0 Å². The van der Waals surface area contributed by atoms with Crippen molar-refractivity contribution in [3.63, 3.8) is 0 Å². The van der Waals surface area contributed by atoms with Crippen molar-refractivity contribution in [2.24, 2.45) is 0 Å². The molecule has 3 aliphatic rings. The minimum absolute atomic E-state index is 0.277. The van der Waals surface area contributed by atoms with Gasteiger partial charge in [0.25, 0.3) is 0 Å². The number of ether oxygens (including phenoxy) is 3. The number of rotatable bonds is 18. The van der Waals surface area contributed by atoms with Crippen molar-refractivity contribution < 1.29 is 28.6 Å². The Hall–Kier alpha value is -1.86. The molecule has 1 aromatic rings. The largest absolute Gasteiger partial charge is 0.455 e. The molecule has 0 fully saturated rings. The summed E-state index contributed by atoms with van der Waals surface area (Å²) in [4.78, 5) is 77.0. The van der Waals surface area contributed by atoms with Crippen molar-refractivity contribution in [1.29, 1.82) is 0 Å². The number of allylic oxidation sites excluding steroid dienone is 3. The normalized spacial score (nSPS) is 16.1. The second-order valence-electron chi connectivity index (χ2n) is 12.0. The Labute approximate surface area is 321 Å². The zero-order chi connectivity index (χ0) is 36.3. The number of carbonyl (C=O) groups excluding carboxylic acids is 3. The predicted octanol–water partition coefficient (Wildman–Crippen LogP) is 8.23. The fourth-order valence-electron chi connectivity index (χ4n) is 5.56. The van der Waals surface area contributed by atoms with Crippen LogP contribution < -0.4 is 17.1 Å². The molecule has 0 N–H and O–H groups in total. The lowest BCUT2D eigenvalue weighted by atomic mass is 10.0. The Balaban J connectivity index is 1.32. The maximum atomic E-state index is 13.3. The van der Waals surface area contributed by atoms with Crippen LogP contribution in [0.5, 0.6) is 0 Å². The first kappa shape index (κ1) is 41.9. The molecule has 3 aliphatic carbocycles. The van der Waals surface area contributed by atoms with E-state index in [1.54, 1.807) is 0 Å². The van der Waals surface area contributed by atoms with Gasteiger partial charge in [0.05, 0.1) is 19.6 Å². The quantitative estimate of drug-likeness (QED) is 0.0606. The summed E-state index contributed by atoms with van der Waals surface area (Å²) in [5.41, 5.74) is 1.15. The van der Waals surface area contributed by atoms with Crippen molar-refractivity contribution in [3.05, 3.63) is 66.4 Å². The molecule has 18 heteroatoms. The lowest BCUT2D eigenvalue weighted by Crippen LogP contribution is -2.55. The zero-order valence-corrected chi connectivity index (χ0v) is 33.4. The average Bonchev–Trinajstić information content (AvgIpc) is 3.14. The fraction of sp³-hybridized carbons (Fsp3) is 0.636. The van der Waals surface area contributed by atoms with Gasteiger partial charge in [0.1, 0.15) is 19.8 Å². The molecule has 0 saturated heterocycles. The topological polar surface area (TPSA) is 145 Å². The number of aromatic nitrogens is 3. The fourth-order valence-corrected chi connectivity index (χ4v) is 10.8. The summed E-state index contributed by atoms with van der Waals surface area (Å²) < 4.78 is 18.2. The molecule has 1 heterocycles. The highest BCUT2D eigenvalue weighted by molar-refractivity contribution is 8.82. The summed E-state index contributed by atoms with van der Waals surface area (Å²) in [6.45, 7) is -1.73. The minimum atomic E-state index is -0.924. The van der Waals surface area contributed by atoms with E-state index in [2.05, 4.69) is 18.2 Å². The van der Waals surface area contributed by atoms with Crippen molar-refractivity contribution in [1.82, 2.24) is 13.7 Å². The Morgan fingerprint density at radius 3 is 1.04 bits per heavy atom. The molecule has 0 saturated carbocycles. The Morgan fingerprint density at radius 2 is 0.784 bits per heavy atom. The van der Waals surface area contributed by atoms with E-state index in [4.69, 9.17) is 14.2 Å². The van der Waals surface area contributed by atoms with E-state index in [1.807, 2.05) is 0 Å². The summed E-state index contributed by atoms with van der Waals surface area (Å²) in [6.07, 6.45) is 19.8. The Bertz CT molecular complexity index is 1400. The van der Waals surface area contributed by atoms with Crippen LogP contribution in [0.1, 0.15) is 77.0 Å². The Morgan fingerprint density at radius 1 is 0.490 bits per heavy atom. The molecule has 0 amide bonds. The van der Waals surface area contributed by atoms with Gasteiger partial charge in [-0.05, 0) is 77.0 Å². The third kappa shape index (κ3) is 15.2. The maximum Gasteiger partial charge on any atom is 0.378 e. The van der Waals surface area contributed by atoms with E-state index in [0.29, 0.717) is 17.3 Å². The van der Waals surface area contributed by atoms with Gasteiger partial charge in [-0.1, -0.05) is 67.3 Å². The van der Waals surface area contributed by atoms with Crippen molar-refractivity contribution >= 4 is 80.7 Å². The van der Waals surface area contributed by atoms with Crippen molar-refractivity contribution in [3.8, 4) is 0 Å². The second kappa shape index (κ2) is 23.7. The molecule has 0 bridgehead atoms. The van der Waals surface area contributed by atoms with Crippen LogP contribution in [0.15, 0.2) is 49.3 Å². The monoisotopic (exact) mass is 819 g/mol. The first-order chi connectivity index (χ1) is 24.8. The number of hydrogen-bond acceptors (Lipinski definition) is 15. The van der Waals surface area contributed by atoms with E-state index < -0.39 is 33.0 Å². The van der Waals surface area contributed by atoms with Crippen LogP contribution in [-0.2, 0) is 33.8 Å². The first-order valence-corrected chi connectivity index (χ1v) is 24.1.